The Morgan fingerprint density at radius 2 is 1.50 bits per heavy atom. The van der Waals surface area contributed by atoms with Crippen molar-refractivity contribution in [1.82, 2.24) is 0 Å². The lowest BCUT2D eigenvalue weighted by Crippen LogP contribution is -2.41. The molecule has 3 rings (SSSR count). The number of ether oxygens (including phenoxy) is 2. The highest BCUT2D eigenvalue weighted by atomic mass is 16.7. The molecule has 3 saturated carbocycles. The van der Waals surface area contributed by atoms with Gasteiger partial charge in [0, 0.05) is 26.1 Å². The number of hydrogen-bond donors (Lipinski definition) is 0. The van der Waals surface area contributed by atoms with E-state index >= 15 is 0 Å². The van der Waals surface area contributed by atoms with Crippen LogP contribution in [-0.4, -0.2) is 20.0 Å². The van der Waals surface area contributed by atoms with E-state index in [9.17, 15) is 0 Å². The quantitative estimate of drug-likeness (QED) is 0.584. The molecule has 0 aromatic rings. The predicted molar refractivity (Wildman–Crippen MR) is 44.6 cm³/mol. The van der Waals surface area contributed by atoms with Gasteiger partial charge >= 0.3 is 0 Å². The molecule has 68 valence electrons. The molecule has 0 radical (unpaired) electrons. The highest BCUT2D eigenvalue weighted by Gasteiger charge is 2.71. The zero-order chi connectivity index (χ0) is 8.34. The molecule has 0 aromatic heterocycles. The Balaban J connectivity index is 1.97. The second kappa shape index (κ2) is 2.05. The highest BCUT2D eigenvalue weighted by Crippen LogP contribution is 2.70. The van der Waals surface area contributed by atoms with Crippen LogP contribution in [0.4, 0.5) is 0 Å². The molecule has 3 aliphatic carbocycles. The van der Waals surface area contributed by atoms with Crippen molar-refractivity contribution in [3.63, 3.8) is 0 Å². The van der Waals surface area contributed by atoms with Gasteiger partial charge in [-0.1, -0.05) is 0 Å². The van der Waals surface area contributed by atoms with Gasteiger partial charge in [0.1, 0.15) is 0 Å². The van der Waals surface area contributed by atoms with Crippen molar-refractivity contribution >= 4 is 0 Å². The minimum atomic E-state index is -0.173. The minimum absolute atomic E-state index is 0.173. The minimum Gasteiger partial charge on any atom is -0.353 e. The smallest absolute Gasteiger partial charge is 0.173 e. The summed E-state index contributed by atoms with van der Waals surface area (Å²) in [6.07, 6.45) is 4.10. The summed E-state index contributed by atoms with van der Waals surface area (Å²) in [5, 5.41) is 0. The van der Waals surface area contributed by atoms with E-state index in [1.54, 1.807) is 14.2 Å². The molecule has 0 unspecified atom stereocenters. The van der Waals surface area contributed by atoms with Crippen LogP contribution >= 0.6 is 0 Å². The Labute approximate surface area is 73.2 Å². The van der Waals surface area contributed by atoms with Crippen molar-refractivity contribution in [2.45, 2.75) is 25.0 Å². The maximum absolute atomic E-state index is 5.61. The van der Waals surface area contributed by atoms with Crippen LogP contribution in [0.3, 0.4) is 0 Å². The average Bonchev–Trinajstić information content (AvgIpc) is 2.79. The van der Waals surface area contributed by atoms with Gasteiger partial charge < -0.3 is 9.47 Å². The lowest BCUT2D eigenvalue weighted by Gasteiger charge is -2.33. The number of fused-ring (bicyclic) bond motifs is 5. The van der Waals surface area contributed by atoms with Gasteiger partial charge in [-0.3, -0.25) is 0 Å². The molecule has 0 amide bonds. The lowest BCUT2D eigenvalue weighted by molar-refractivity contribution is -0.243. The van der Waals surface area contributed by atoms with E-state index in [4.69, 9.17) is 9.47 Å². The normalized spacial score (nSPS) is 52.5. The molecule has 0 aromatic carbocycles. The standard InChI is InChI=1S/C10H16O2/c1-11-10(12-2)8-3-4-9(10)7-5-6(7)8/h6-9H,3-5H2,1-2H3/t6-,7+,8-,9+. The summed E-state index contributed by atoms with van der Waals surface area (Å²) in [6.45, 7) is 0. The lowest BCUT2D eigenvalue weighted by atomic mass is 9.99. The second-order valence-corrected chi connectivity index (χ2v) is 4.48. The van der Waals surface area contributed by atoms with Crippen LogP contribution in [0, 0.1) is 23.7 Å². The Kier molecular flexibility index (Phi) is 1.25. The summed E-state index contributed by atoms with van der Waals surface area (Å²) in [7, 11) is 3.61. The molecule has 0 aliphatic heterocycles. The Hall–Kier alpha value is -0.0800. The first-order valence-electron chi connectivity index (χ1n) is 4.94. The summed E-state index contributed by atoms with van der Waals surface area (Å²) in [5.41, 5.74) is 0. The molecule has 3 fully saturated rings. The number of rotatable bonds is 2. The summed E-state index contributed by atoms with van der Waals surface area (Å²) >= 11 is 0. The van der Waals surface area contributed by atoms with E-state index in [2.05, 4.69) is 0 Å². The topological polar surface area (TPSA) is 18.5 Å². The fourth-order valence-corrected chi connectivity index (χ4v) is 3.91. The van der Waals surface area contributed by atoms with E-state index in [0.717, 1.165) is 11.8 Å². The van der Waals surface area contributed by atoms with Crippen LogP contribution in [-0.2, 0) is 9.47 Å². The van der Waals surface area contributed by atoms with Gasteiger partial charge in [-0.25, -0.2) is 0 Å². The third-order valence-corrected chi connectivity index (χ3v) is 4.39. The first kappa shape index (κ1) is 7.34. The SMILES string of the molecule is COC1(OC)[C@@H]2CC[C@H]1[C@H]1C[C@H]12. The van der Waals surface area contributed by atoms with Crippen LogP contribution < -0.4 is 0 Å². The van der Waals surface area contributed by atoms with Crippen LogP contribution in [0.2, 0.25) is 0 Å². The molecule has 2 bridgehead atoms. The first-order chi connectivity index (χ1) is 5.83. The van der Waals surface area contributed by atoms with Crippen molar-refractivity contribution in [1.29, 1.82) is 0 Å². The molecule has 0 N–H and O–H groups in total. The molecule has 4 atom stereocenters. The zero-order valence-corrected chi connectivity index (χ0v) is 7.75. The van der Waals surface area contributed by atoms with Crippen molar-refractivity contribution in [2.75, 3.05) is 14.2 Å². The molecule has 2 heteroatoms. The van der Waals surface area contributed by atoms with Crippen molar-refractivity contribution in [3.8, 4) is 0 Å². The molecule has 0 saturated heterocycles. The molecular formula is C10H16O2. The second-order valence-electron chi connectivity index (χ2n) is 4.48. The predicted octanol–water partition coefficient (Wildman–Crippen LogP) is 1.65. The van der Waals surface area contributed by atoms with E-state index in [1.807, 2.05) is 0 Å². The van der Waals surface area contributed by atoms with Crippen molar-refractivity contribution in [2.24, 2.45) is 23.7 Å². The highest BCUT2D eigenvalue weighted by molar-refractivity contribution is 5.16. The Bertz CT molecular complexity index is 192. The van der Waals surface area contributed by atoms with Crippen LogP contribution in [0.25, 0.3) is 0 Å². The van der Waals surface area contributed by atoms with E-state index in [-0.39, 0.29) is 5.79 Å². The Morgan fingerprint density at radius 3 is 1.83 bits per heavy atom. The monoisotopic (exact) mass is 168 g/mol. The first-order valence-corrected chi connectivity index (χ1v) is 4.94. The van der Waals surface area contributed by atoms with Crippen molar-refractivity contribution < 1.29 is 9.47 Å². The largest absolute Gasteiger partial charge is 0.353 e. The van der Waals surface area contributed by atoms with E-state index < -0.39 is 0 Å². The van der Waals surface area contributed by atoms with Gasteiger partial charge in [0.05, 0.1) is 0 Å². The van der Waals surface area contributed by atoms with Gasteiger partial charge in [-0.05, 0) is 31.1 Å². The average molecular weight is 168 g/mol. The van der Waals surface area contributed by atoms with Crippen molar-refractivity contribution in [3.05, 3.63) is 0 Å². The molecule has 0 heterocycles. The van der Waals surface area contributed by atoms with Crippen LogP contribution in [0.1, 0.15) is 19.3 Å². The van der Waals surface area contributed by atoms with Crippen LogP contribution in [0.5, 0.6) is 0 Å². The third kappa shape index (κ3) is 0.579. The Morgan fingerprint density at radius 1 is 1.00 bits per heavy atom. The van der Waals surface area contributed by atoms with Gasteiger partial charge in [-0.15, -0.1) is 0 Å². The summed E-state index contributed by atoms with van der Waals surface area (Å²) in [4.78, 5) is 0. The fourth-order valence-electron chi connectivity index (χ4n) is 3.91. The maximum Gasteiger partial charge on any atom is 0.173 e. The maximum atomic E-state index is 5.61. The molecule has 2 nitrogen and oxygen atoms in total. The van der Waals surface area contributed by atoms with Gasteiger partial charge in [0.2, 0.25) is 0 Å². The number of hydrogen-bond acceptors (Lipinski definition) is 2. The van der Waals surface area contributed by atoms with E-state index in [0.29, 0.717) is 11.8 Å². The summed E-state index contributed by atoms with van der Waals surface area (Å²) in [5.74, 6) is 3.14. The fraction of sp³-hybridized carbons (Fsp3) is 1.00. The third-order valence-electron chi connectivity index (χ3n) is 4.39. The van der Waals surface area contributed by atoms with Gasteiger partial charge in [0.25, 0.3) is 0 Å². The van der Waals surface area contributed by atoms with Gasteiger partial charge in [0.15, 0.2) is 5.79 Å². The summed E-state index contributed by atoms with van der Waals surface area (Å²) < 4.78 is 11.2. The molecule has 0 spiro atoms. The van der Waals surface area contributed by atoms with E-state index in [1.165, 1.54) is 19.3 Å². The molecule has 12 heavy (non-hydrogen) atoms. The molecular weight excluding hydrogens is 152 g/mol. The number of methoxy groups -OCH3 is 2. The summed E-state index contributed by atoms with van der Waals surface area (Å²) in [6, 6.07) is 0. The molecule has 3 aliphatic rings. The van der Waals surface area contributed by atoms with Gasteiger partial charge in [-0.2, -0.15) is 0 Å². The van der Waals surface area contributed by atoms with Crippen LogP contribution in [0.15, 0.2) is 0 Å². The zero-order valence-electron chi connectivity index (χ0n) is 7.75.